The summed E-state index contributed by atoms with van der Waals surface area (Å²) in [4.78, 5) is 24.4. The first kappa shape index (κ1) is 14.0. The fourth-order valence-corrected chi connectivity index (χ4v) is 3.48. The first-order valence-electron chi connectivity index (χ1n) is 7.62. The number of piperazine rings is 1. The smallest absolute Gasteiger partial charge is 0.229 e. The van der Waals surface area contributed by atoms with E-state index in [-0.39, 0.29) is 17.9 Å². The lowest BCUT2D eigenvalue weighted by Gasteiger charge is -2.41. The molecule has 1 amide bonds. The van der Waals surface area contributed by atoms with E-state index in [1.54, 1.807) is 18.6 Å². The second-order valence-electron chi connectivity index (χ2n) is 5.89. The maximum Gasteiger partial charge on any atom is 0.229 e. The number of carbonyl (C=O) groups is 1. The number of hydrogen-bond donors (Lipinski definition) is 2. The first-order valence-corrected chi connectivity index (χ1v) is 7.62. The summed E-state index contributed by atoms with van der Waals surface area (Å²) in [5.74, 6) is 1.06. The van der Waals surface area contributed by atoms with Crippen molar-refractivity contribution in [3.63, 3.8) is 0 Å². The van der Waals surface area contributed by atoms with E-state index in [9.17, 15) is 4.79 Å². The molecule has 116 valence electrons. The van der Waals surface area contributed by atoms with Gasteiger partial charge in [-0.2, -0.15) is 10.1 Å². The summed E-state index contributed by atoms with van der Waals surface area (Å²) in [7, 11) is 5.50. The average Bonchev–Trinajstić information content (AvgIpc) is 3.14. The van der Waals surface area contributed by atoms with Gasteiger partial charge in [0.2, 0.25) is 13.8 Å². The maximum absolute atomic E-state index is 11.6. The van der Waals surface area contributed by atoms with Crippen LogP contribution in [0.1, 0.15) is 12.8 Å². The van der Waals surface area contributed by atoms with Crippen LogP contribution in [0, 0.1) is 0 Å². The van der Waals surface area contributed by atoms with Gasteiger partial charge in [-0.3, -0.25) is 9.89 Å². The normalized spacial score (nSPS) is 23.1. The number of rotatable bonds is 3. The van der Waals surface area contributed by atoms with E-state index >= 15 is 0 Å². The van der Waals surface area contributed by atoms with Gasteiger partial charge in [0.15, 0.2) is 5.81 Å². The Bertz CT molecular complexity index is 693. The molecule has 2 atom stereocenters. The van der Waals surface area contributed by atoms with Crippen molar-refractivity contribution in [3.05, 3.63) is 24.7 Å². The van der Waals surface area contributed by atoms with Crippen molar-refractivity contribution < 1.29 is 4.79 Å². The molecule has 2 bridgehead atoms. The SMILES string of the molecule is [B]C(=O)N1C2CCC1CN(c1ccnc(Nc3cn[nH]c3)n1)C2. The summed E-state index contributed by atoms with van der Waals surface area (Å²) in [6.45, 7) is 1.50. The van der Waals surface area contributed by atoms with Crippen molar-refractivity contribution in [3.8, 4) is 0 Å². The van der Waals surface area contributed by atoms with Crippen LogP contribution in [0.4, 0.5) is 22.2 Å². The van der Waals surface area contributed by atoms with Crippen LogP contribution >= 0.6 is 0 Å². The summed E-state index contributed by atoms with van der Waals surface area (Å²) in [5.41, 5.74) is 0.806. The minimum Gasteiger partial charge on any atom is -0.352 e. The van der Waals surface area contributed by atoms with Crippen LogP contribution in [-0.4, -0.2) is 63.9 Å². The second-order valence-corrected chi connectivity index (χ2v) is 5.89. The molecule has 8 nitrogen and oxygen atoms in total. The Morgan fingerprint density at radius 1 is 1.35 bits per heavy atom. The quantitative estimate of drug-likeness (QED) is 0.818. The molecule has 0 aromatic carbocycles. The Hall–Kier alpha value is -2.58. The highest BCUT2D eigenvalue weighted by Crippen LogP contribution is 2.32. The molecular weight excluding hydrogens is 293 g/mol. The van der Waals surface area contributed by atoms with E-state index < -0.39 is 0 Å². The standard InChI is InChI=1S/C14H16BN7O/c15-13(23)22-10-1-2-11(22)8-21(7-10)12-3-4-16-14(20-12)19-9-5-17-18-6-9/h3-6,10-11H,1-2,7-8H2,(H,17,18)(H,16,19,20). The van der Waals surface area contributed by atoms with Gasteiger partial charge in [0.25, 0.3) is 0 Å². The van der Waals surface area contributed by atoms with Crippen molar-refractivity contribution in [2.24, 2.45) is 0 Å². The van der Waals surface area contributed by atoms with Gasteiger partial charge in [-0.15, -0.1) is 0 Å². The largest absolute Gasteiger partial charge is 0.352 e. The monoisotopic (exact) mass is 309 g/mol. The third kappa shape index (κ3) is 2.62. The molecule has 2 radical (unpaired) electrons. The van der Waals surface area contributed by atoms with Crippen molar-refractivity contribution >= 4 is 31.1 Å². The summed E-state index contributed by atoms with van der Waals surface area (Å²) in [5, 5.41) is 9.72. The third-order valence-electron chi connectivity index (χ3n) is 4.46. The summed E-state index contributed by atoms with van der Waals surface area (Å²) in [6.07, 6.45) is 7.13. The topological polar surface area (TPSA) is 90.0 Å². The van der Waals surface area contributed by atoms with Crippen LogP contribution in [0.3, 0.4) is 0 Å². The fraction of sp³-hybridized carbons (Fsp3) is 0.429. The zero-order valence-corrected chi connectivity index (χ0v) is 12.5. The van der Waals surface area contributed by atoms with Crippen LogP contribution < -0.4 is 10.2 Å². The molecule has 0 aliphatic carbocycles. The number of hydrogen-bond acceptors (Lipinski definition) is 6. The molecule has 2 aliphatic heterocycles. The minimum absolute atomic E-state index is 0.173. The molecule has 2 N–H and O–H groups in total. The lowest BCUT2D eigenvalue weighted by atomic mass is 10.0. The van der Waals surface area contributed by atoms with Gasteiger partial charge in [0.05, 0.1) is 11.9 Å². The minimum atomic E-state index is -0.317. The lowest BCUT2D eigenvalue weighted by molar-refractivity contribution is 0.184. The number of nitrogens with one attached hydrogen (secondary N) is 2. The fourth-order valence-electron chi connectivity index (χ4n) is 3.48. The highest BCUT2D eigenvalue weighted by molar-refractivity contribution is 6.57. The van der Waals surface area contributed by atoms with E-state index in [1.807, 2.05) is 11.0 Å². The molecule has 4 rings (SSSR count). The molecule has 2 fully saturated rings. The predicted octanol–water partition coefficient (Wildman–Crippen LogP) is 0.885. The van der Waals surface area contributed by atoms with E-state index in [4.69, 9.17) is 7.85 Å². The Kier molecular flexibility index (Phi) is 3.40. The van der Waals surface area contributed by atoms with Crippen LogP contribution in [0.25, 0.3) is 0 Å². The summed E-state index contributed by atoms with van der Waals surface area (Å²) >= 11 is 0. The summed E-state index contributed by atoms with van der Waals surface area (Å²) in [6, 6.07) is 2.23. The molecule has 0 spiro atoms. The molecule has 2 aromatic heterocycles. The zero-order chi connectivity index (χ0) is 15.8. The van der Waals surface area contributed by atoms with Crippen LogP contribution in [0.2, 0.25) is 0 Å². The molecule has 23 heavy (non-hydrogen) atoms. The van der Waals surface area contributed by atoms with Gasteiger partial charge in [-0.25, -0.2) is 4.98 Å². The zero-order valence-electron chi connectivity index (χ0n) is 12.5. The van der Waals surface area contributed by atoms with E-state index in [0.29, 0.717) is 5.95 Å². The van der Waals surface area contributed by atoms with Gasteiger partial charge >= 0.3 is 0 Å². The third-order valence-corrected chi connectivity index (χ3v) is 4.46. The number of fused-ring (bicyclic) bond motifs is 2. The molecule has 2 saturated heterocycles. The van der Waals surface area contributed by atoms with E-state index in [0.717, 1.165) is 37.4 Å². The molecule has 0 saturated carbocycles. The van der Waals surface area contributed by atoms with Crippen LogP contribution in [0.5, 0.6) is 0 Å². The maximum atomic E-state index is 11.6. The number of nitrogens with zero attached hydrogens (tertiary/aromatic N) is 5. The van der Waals surface area contributed by atoms with E-state index in [1.165, 1.54) is 0 Å². The van der Waals surface area contributed by atoms with Crippen molar-refractivity contribution in [1.29, 1.82) is 0 Å². The van der Waals surface area contributed by atoms with Crippen molar-refractivity contribution in [2.45, 2.75) is 24.9 Å². The van der Waals surface area contributed by atoms with Crippen molar-refractivity contribution in [2.75, 3.05) is 23.3 Å². The van der Waals surface area contributed by atoms with Gasteiger partial charge in [0.1, 0.15) is 5.82 Å². The number of carbonyl (C=O) groups excluding carboxylic acids is 1. The molecular formula is C14H16BN7O. The van der Waals surface area contributed by atoms with Crippen molar-refractivity contribution in [1.82, 2.24) is 25.1 Å². The first-order chi connectivity index (χ1) is 11.2. The van der Waals surface area contributed by atoms with Gasteiger partial charge < -0.3 is 15.1 Å². The Morgan fingerprint density at radius 3 is 2.78 bits per heavy atom. The number of amides is 1. The Morgan fingerprint density at radius 2 is 2.13 bits per heavy atom. The Balaban J connectivity index is 1.52. The van der Waals surface area contributed by atoms with E-state index in [2.05, 4.69) is 30.4 Å². The molecule has 2 aromatic rings. The predicted molar refractivity (Wildman–Crippen MR) is 85.9 cm³/mol. The lowest BCUT2D eigenvalue weighted by Crippen LogP contribution is -2.55. The number of aromatic amines is 1. The number of H-pyrrole nitrogens is 1. The number of aromatic nitrogens is 4. The average molecular weight is 309 g/mol. The Labute approximate surface area is 134 Å². The second kappa shape index (κ2) is 5.56. The molecule has 2 unspecified atom stereocenters. The summed E-state index contributed by atoms with van der Waals surface area (Å²) < 4.78 is 0. The highest BCUT2D eigenvalue weighted by Gasteiger charge is 2.41. The molecule has 4 heterocycles. The van der Waals surface area contributed by atoms with Gasteiger partial charge in [0, 0.05) is 37.6 Å². The van der Waals surface area contributed by atoms with Crippen LogP contribution in [-0.2, 0) is 0 Å². The molecule has 2 aliphatic rings. The number of anilines is 3. The van der Waals surface area contributed by atoms with Gasteiger partial charge in [-0.1, -0.05) is 0 Å². The van der Waals surface area contributed by atoms with Gasteiger partial charge in [-0.05, 0) is 18.9 Å². The highest BCUT2D eigenvalue weighted by atomic mass is 16.2. The molecule has 9 heteroatoms. The van der Waals surface area contributed by atoms with Crippen LogP contribution in [0.15, 0.2) is 24.7 Å².